The molecule has 1 aromatic heterocycles. The molecule has 2 aromatic rings. The van der Waals surface area contributed by atoms with Gasteiger partial charge in [-0.1, -0.05) is 11.6 Å². The maximum absolute atomic E-state index is 13.1. The van der Waals surface area contributed by atoms with Gasteiger partial charge in [-0.25, -0.2) is 4.79 Å². The molecule has 0 spiro atoms. The summed E-state index contributed by atoms with van der Waals surface area (Å²) < 4.78 is 41.3. The molecule has 2 amide bonds. The van der Waals surface area contributed by atoms with Crippen molar-refractivity contribution in [3.05, 3.63) is 40.9 Å². The third kappa shape index (κ3) is 4.35. The summed E-state index contributed by atoms with van der Waals surface area (Å²) in [5, 5.41) is 10.3. The van der Waals surface area contributed by atoms with E-state index in [2.05, 4.69) is 15.5 Å². The third-order valence-electron chi connectivity index (χ3n) is 4.45. The van der Waals surface area contributed by atoms with Gasteiger partial charge in [0.15, 0.2) is 0 Å². The maximum Gasteiger partial charge on any atom is 0.418 e. The minimum Gasteiger partial charge on any atom is -0.324 e. The highest BCUT2D eigenvalue weighted by Gasteiger charge is 2.36. The number of hydrogen-bond acceptors (Lipinski definition) is 3. The number of carbonyl (C=O) groups is 1. The molecular formula is C17H19ClF3N5O. The van der Waals surface area contributed by atoms with Crippen molar-refractivity contribution in [1.82, 2.24) is 19.7 Å². The number of hydrogen-bond donors (Lipinski definition) is 1. The van der Waals surface area contributed by atoms with Gasteiger partial charge in [-0.3, -0.25) is 0 Å². The first-order chi connectivity index (χ1) is 12.6. The van der Waals surface area contributed by atoms with E-state index in [0.717, 1.165) is 18.0 Å². The lowest BCUT2D eigenvalue weighted by molar-refractivity contribution is -0.136. The quantitative estimate of drug-likeness (QED) is 0.833. The van der Waals surface area contributed by atoms with Crippen LogP contribution in [-0.2, 0) is 12.6 Å². The van der Waals surface area contributed by atoms with Gasteiger partial charge in [-0.2, -0.15) is 13.2 Å². The molecular weight excluding hydrogens is 383 g/mol. The van der Waals surface area contributed by atoms with Crippen molar-refractivity contribution in [2.24, 2.45) is 5.92 Å². The second-order valence-corrected chi connectivity index (χ2v) is 7.28. The van der Waals surface area contributed by atoms with Crippen LogP contribution >= 0.6 is 11.6 Å². The zero-order chi connectivity index (χ0) is 19.8. The lowest BCUT2D eigenvalue weighted by Crippen LogP contribution is -2.52. The van der Waals surface area contributed by atoms with Crippen LogP contribution in [0.1, 0.15) is 31.3 Å². The fourth-order valence-corrected chi connectivity index (χ4v) is 3.19. The van der Waals surface area contributed by atoms with E-state index >= 15 is 0 Å². The van der Waals surface area contributed by atoms with Crippen LogP contribution in [0.3, 0.4) is 0 Å². The predicted molar refractivity (Wildman–Crippen MR) is 94.6 cm³/mol. The number of urea groups is 1. The Kier molecular flexibility index (Phi) is 5.32. The minimum absolute atomic E-state index is 0.0430. The second-order valence-electron chi connectivity index (χ2n) is 6.84. The lowest BCUT2D eigenvalue weighted by atomic mass is 9.96. The normalized spacial score (nSPS) is 15.1. The van der Waals surface area contributed by atoms with Crippen LogP contribution in [-0.4, -0.2) is 38.8 Å². The molecule has 0 atom stereocenters. The molecule has 1 N–H and O–H groups in total. The molecule has 0 unspecified atom stereocenters. The first-order valence-electron chi connectivity index (χ1n) is 8.46. The van der Waals surface area contributed by atoms with Gasteiger partial charge in [0.25, 0.3) is 0 Å². The molecule has 1 saturated heterocycles. The summed E-state index contributed by atoms with van der Waals surface area (Å²) in [5.41, 5.74) is -1.27. The Balaban J connectivity index is 1.59. The van der Waals surface area contributed by atoms with Crippen molar-refractivity contribution in [3.63, 3.8) is 0 Å². The van der Waals surface area contributed by atoms with Crippen LogP contribution in [0, 0.1) is 5.92 Å². The largest absolute Gasteiger partial charge is 0.418 e. The molecule has 10 heteroatoms. The van der Waals surface area contributed by atoms with Crippen molar-refractivity contribution in [2.45, 2.75) is 32.5 Å². The second kappa shape index (κ2) is 7.38. The summed E-state index contributed by atoms with van der Waals surface area (Å²) in [5.74, 6) is 1.04. The van der Waals surface area contributed by atoms with Crippen LogP contribution in [0.2, 0.25) is 5.02 Å². The number of halogens is 4. The number of alkyl halides is 3. The van der Waals surface area contributed by atoms with E-state index in [4.69, 9.17) is 11.6 Å². The Morgan fingerprint density at radius 2 is 2.07 bits per heavy atom. The van der Waals surface area contributed by atoms with E-state index in [1.54, 1.807) is 6.33 Å². The topological polar surface area (TPSA) is 63.1 Å². The van der Waals surface area contributed by atoms with Crippen LogP contribution in [0.4, 0.5) is 23.7 Å². The van der Waals surface area contributed by atoms with E-state index in [1.165, 1.54) is 11.0 Å². The summed E-state index contributed by atoms with van der Waals surface area (Å²) in [6.07, 6.45) is -2.27. The number of aromatic nitrogens is 3. The number of benzene rings is 1. The van der Waals surface area contributed by atoms with Gasteiger partial charge in [0.2, 0.25) is 0 Å². The number of amides is 2. The van der Waals surface area contributed by atoms with Gasteiger partial charge in [-0.05, 0) is 32.0 Å². The minimum atomic E-state index is -4.61. The first kappa shape index (κ1) is 19.5. The van der Waals surface area contributed by atoms with Crippen molar-refractivity contribution in [3.8, 4) is 0 Å². The fraction of sp³-hybridized carbons (Fsp3) is 0.471. The molecule has 1 aliphatic rings. The molecule has 0 radical (unpaired) electrons. The highest BCUT2D eigenvalue weighted by Crippen LogP contribution is 2.36. The molecule has 146 valence electrons. The fourth-order valence-electron chi connectivity index (χ4n) is 3.02. The Bertz CT molecular complexity index is 830. The molecule has 0 saturated carbocycles. The van der Waals surface area contributed by atoms with Gasteiger partial charge in [0.1, 0.15) is 12.2 Å². The number of rotatable bonds is 4. The molecule has 0 bridgehead atoms. The molecule has 1 aliphatic heterocycles. The Labute approximate surface area is 159 Å². The molecule has 3 rings (SSSR count). The van der Waals surface area contributed by atoms with Crippen LogP contribution < -0.4 is 5.32 Å². The molecule has 2 heterocycles. The molecule has 27 heavy (non-hydrogen) atoms. The van der Waals surface area contributed by atoms with E-state index in [0.29, 0.717) is 19.5 Å². The van der Waals surface area contributed by atoms with E-state index in [1.807, 2.05) is 18.4 Å². The highest BCUT2D eigenvalue weighted by atomic mass is 35.5. The van der Waals surface area contributed by atoms with Crippen LogP contribution in [0.15, 0.2) is 24.5 Å². The van der Waals surface area contributed by atoms with Crippen molar-refractivity contribution in [1.29, 1.82) is 0 Å². The number of anilines is 1. The Morgan fingerprint density at radius 1 is 1.37 bits per heavy atom. The summed E-state index contributed by atoms with van der Waals surface area (Å²) in [7, 11) is 0. The van der Waals surface area contributed by atoms with Crippen molar-refractivity contribution < 1.29 is 18.0 Å². The van der Waals surface area contributed by atoms with Crippen LogP contribution in [0.5, 0.6) is 0 Å². The maximum atomic E-state index is 13.1. The number of nitrogens with zero attached hydrogens (tertiary/aromatic N) is 4. The first-order valence-corrected chi connectivity index (χ1v) is 8.84. The van der Waals surface area contributed by atoms with Gasteiger partial charge < -0.3 is 14.8 Å². The van der Waals surface area contributed by atoms with E-state index < -0.39 is 17.8 Å². The van der Waals surface area contributed by atoms with E-state index in [9.17, 15) is 18.0 Å². The highest BCUT2D eigenvalue weighted by molar-refractivity contribution is 6.30. The smallest absolute Gasteiger partial charge is 0.324 e. The third-order valence-corrected chi connectivity index (χ3v) is 4.68. The van der Waals surface area contributed by atoms with Crippen molar-refractivity contribution in [2.75, 3.05) is 18.4 Å². The summed E-state index contributed by atoms with van der Waals surface area (Å²) >= 11 is 5.65. The average Bonchev–Trinajstić information content (AvgIpc) is 2.99. The van der Waals surface area contributed by atoms with Gasteiger partial charge in [0.05, 0.1) is 11.3 Å². The van der Waals surface area contributed by atoms with Crippen molar-refractivity contribution >= 4 is 23.3 Å². The van der Waals surface area contributed by atoms with Gasteiger partial charge in [0, 0.05) is 36.5 Å². The number of carbonyl (C=O) groups excluding carboxylic acids is 1. The summed E-state index contributed by atoms with van der Waals surface area (Å²) in [6.45, 7) is 4.95. The Hall–Kier alpha value is -2.29. The lowest BCUT2D eigenvalue weighted by Gasteiger charge is -2.39. The summed E-state index contributed by atoms with van der Waals surface area (Å²) in [6, 6.07) is 2.94. The zero-order valence-corrected chi connectivity index (χ0v) is 15.6. The van der Waals surface area contributed by atoms with Gasteiger partial charge in [-0.15, -0.1) is 10.2 Å². The zero-order valence-electron chi connectivity index (χ0n) is 14.8. The Morgan fingerprint density at radius 3 is 2.70 bits per heavy atom. The SMILES string of the molecule is CC(C)n1cnnc1CC1CN(C(=O)Nc2ccc(Cl)cc2C(F)(F)F)C1. The molecule has 0 aliphatic carbocycles. The van der Waals surface area contributed by atoms with Crippen LogP contribution in [0.25, 0.3) is 0 Å². The summed E-state index contributed by atoms with van der Waals surface area (Å²) in [4.78, 5) is 13.7. The molecule has 1 fully saturated rings. The monoisotopic (exact) mass is 401 g/mol. The number of likely N-dealkylation sites (tertiary alicyclic amines) is 1. The van der Waals surface area contributed by atoms with E-state index in [-0.39, 0.29) is 22.7 Å². The standard InChI is InChI=1S/C17H19ClF3N5O/c1-10(2)26-9-22-24-15(26)5-11-7-25(8-11)16(27)23-14-4-3-12(18)6-13(14)17(19,20)21/h3-4,6,9-11H,5,7-8H2,1-2H3,(H,23,27). The van der Waals surface area contributed by atoms with Gasteiger partial charge >= 0.3 is 12.2 Å². The predicted octanol–water partition coefficient (Wildman–Crippen LogP) is 4.24. The number of nitrogens with one attached hydrogen (secondary N) is 1. The average molecular weight is 402 g/mol. The molecule has 1 aromatic carbocycles. The molecule has 6 nitrogen and oxygen atoms in total.